The van der Waals surface area contributed by atoms with E-state index in [2.05, 4.69) is 16.0 Å². The van der Waals surface area contributed by atoms with Gasteiger partial charge in [0.25, 0.3) is 0 Å². The molecular formula is C16H43N7. The van der Waals surface area contributed by atoms with E-state index < -0.39 is 0 Å². The Hall–Kier alpha value is -0.280. The van der Waals surface area contributed by atoms with Gasteiger partial charge >= 0.3 is 0 Å². The molecule has 0 aromatic heterocycles. The van der Waals surface area contributed by atoms with E-state index in [0.717, 1.165) is 78.2 Å². The number of unbranched alkanes of at least 4 members (excludes halogenated alkanes) is 1. The summed E-state index contributed by atoms with van der Waals surface area (Å²) < 4.78 is 0. The number of rotatable bonds is 16. The average Bonchev–Trinajstić information content (AvgIpc) is 2.54. The van der Waals surface area contributed by atoms with Crippen LogP contribution < -0.4 is 38.9 Å². The molecule has 142 valence electrons. The lowest BCUT2D eigenvalue weighted by Crippen LogP contribution is -2.32. The fourth-order valence-corrected chi connectivity index (χ4v) is 1.76. The highest BCUT2D eigenvalue weighted by atomic mass is 14.9. The van der Waals surface area contributed by atoms with Crippen molar-refractivity contribution < 1.29 is 0 Å². The highest BCUT2D eigenvalue weighted by molar-refractivity contribution is 4.56. The summed E-state index contributed by atoms with van der Waals surface area (Å²) >= 11 is 0. The zero-order chi connectivity index (χ0) is 17.6. The van der Waals surface area contributed by atoms with Gasteiger partial charge in [-0.3, -0.25) is 0 Å². The molecule has 1 unspecified atom stereocenters. The van der Waals surface area contributed by atoms with E-state index in [1.165, 1.54) is 12.8 Å². The van der Waals surface area contributed by atoms with Crippen LogP contribution in [0.3, 0.4) is 0 Å². The lowest BCUT2D eigenvalue weighted by molar-refractivity contribution is 0.570. The summed E-state index contributed by atoms with van der Waals surface area (Å²) in [5, 5.41) is 9.90. The van der Waals surface area contributed by atoms with E-state index in [1.807, 2.05) is 6.92 Å². The maximum absolute atomic E-state index is 5.48. The predicted octanol–water partition coefficient (Wildman–Crippen LogP) is -1.08. The molecule has 0 radical (unpaired) electrons. The molecule has 7 heteroatoms. The van der Waals surface area contributed by atoms with Gasteiger partial charge in [-0.1, -0.05) is 0 Å². The van der Waals surface area contributed by atoms with Gasteiger partial charge in [0.2, 0.25) is 0 Å². The van der Waals surface area contributed by atoms with E-state index in [4.69, 9.17) is 22.9 Å². The van der Waals surface area contributed by atoms with Crippen LogP contribution in [0.1, 0.15) is 39.0 Å². The third-order valence-electron chi connectivity index (χ3n) is 3.10. The van der Waals surface area contributed by atoms with E-state index >= 15 is 0 Å². The van der Waals surface area contributed by atoms with Gasteiger partial charge in [-0.2, -0.15) is 0 Å². The first-order chi connectivity index (χ1) is 11.2. The topological polar surface area (TPSA) is 140 Å². The first kappa shape index (κ1) is 25.0. The van der Waals surface area contributed by atoms with E-state index in [1.54, 1.807) is 0 Å². The Kier molecular flexibility index (Phi) is 26.0. The van der Waals surface area contributed by atoms with E-state index in [9.17, 15) is 0 Å². The molecule has 0 aromatic carbocycles. The quantitative estimate of drug-likeness (QED) is 0.178. The van der Waals surface area contributed by atoms with Crippen LogP contribution in [-0.2, 0) is 0 Å². The fraction of sp³-hybridized carbons (Fsp3) is 1.00. The second-order valence-corrected chi connectivity index (χ2v) is 5.82. The highest BCUT2D eigenvalue weighted by Gasteiger charge is 1.90. The first-order valence-corrected chi connectivity index (χ1v) is 9.16. The molecule has 0 rings (SSSR count). The van der Waals surface area contributed by atoms with E-state index in [0.29, 0.717) is 0 Å². The van der Waals surface area contributed by atoms with Gasteiger partial charge < -0.3 is 38.9 Å². The number of hydrogen-bond donors (Lipinski definition) is 7. The maximum atomic E-state index is 5.48. The summed E-state index contributed by atoms with van der Waals surface area (Å²) in [7, 11) is 0. The smallest absolute Gasteiger partial charge is 0.0136 e. The first-order valence-electron chi connectivity index (χ1n) is 9.16. The van der Waals surface area contributed by atoms with Crippen molar-refractivity contribution in [2.75, 3.05) is 58.9 Å². The number of nitrogens with two attached hydrogens (primary N) is 4. The van der Waals surface area contributed by atoms with Crippen molar-refractivity contribution in [2.45, 2.75) is 45.1 Å². The lowest BCUT2D eigenvalue weighted by Gasteiger charge is -2.05. The minimum atomic E-state index is 0.253. The molecule has 1 atom stereocenters. The summed E-state index contributed by atoms with van der Waals surface area (Å²) in [5.74, 6) is 0. The van der Waals surface area contributed by atoms with Crippen LogP contribution in [0, 0.1) is 0 Å². The standard InChI is InChI=1S/C10H26N4.C6H17N3/c11-5-3-9-13-7-1-2-8-14-10-4-6-12;1-6(8)5-9-4-2-3-7/h13-14H,1-12H2;6,9H,2-5,7-8H2,1H3. The summed E-state index contributed by atoms with van der Waals surface area (Å²) in [4.78, 5) is 0. The highest BCUT2D eigenvalue weighted by Crippen LogP contribution is 1.85. The Bertz CT molecular complexity index is 179. The molecule has 0 fully saturated rings. The van der Waals surface area contributed by atoms with Gasteiger partial charge in [0.1, 0.15) is 0 Å². The van der Waals surface area contributed by atoms with Crippen molar-refractivity contribution in [2.24, 2.45) is 22.9 Å². The molecule has 0 aliphatic heterocycles. The SMILES string of the molecule is CC(N)CNCCCN.NCCCNCCCCNCCCN. The van der Waals surface area contributed by atoms with Crippen LogP contribution in [0.5, 0.6) is 0 Å². The molecule has 0 heterocycles. The maximum Gasteiger partial charge on any atom is 0.0136 e. The average molecular weight is 334 g/mol. The zero-order valence-electron chi connectivity index (χ0n) is 15.3. The molecular weight excluding hydrogens is 290 g/mol. The van der Waals surface area contributed by atoms with Crippen molar-refractivity contribution in [1.82, 2.24) is 16.0 Å². The van der Waals surface area contributed by atoms with Crippen LogP contribution in [0.25, 0.3) is 0 Å². The molecule has 0 aliphatic carbocycles. The Morgan fingerprint density at radius 3 is 1.30 bits per heavy atom. The van der Waals surface area contributed by atoms with Gasteiger partial charge in [-0.15, -0.1) is 0 Å². The van der Waals surface area contributed by atoms with Crippen molar-refractivity contribution >= 4 is 0 Å². The Labute approximate surface area is 143 Å². The normalized spacial score (nSPS) is 11.9. The van der Waals surface area contributed by atoms with Crippen LogP contribution in [0.15, 0.2) is 0 Å². The van der Waals surface area contributed by atoms with Crippen molar-refractivity contribution in [3.8, 4) is 0 Å². The van der Waals surface area contributed by atoms with Crippen molar-refractivity contribution in [3.63, 3.8) is 0 Å². The van der Waals surface area contributed by atoms with Crippen molar-refractivity contribution in [1.29, 1.82) is 0 Å². The summed E-state index contributed by atoms with van der Waals surface area (Å²) in [6.07, 6.45) is 5.66. The van der Waals surface area contributed by atoms with E-state index in [-0.39, 0.29) is 6.04 Å². The van der Waals surface area contributed by atoms with Gasteiger partial charge in [-0.25, -0.2) is 0 Å². The Balaban J connectivity index is 0. The van der Waals surface area contributed by atoms with Crippen molar-refractivity contribution in [3.05, 3.63) is 0 Å². The third kappa shape index (κ3) is 30.2. The largest absolute Gasteiger partial charge is 0.330 e. The monoisotopic (exact) mass is 333 g/mol. The van der Waals surface area contributed by atoms with Crippen LogP contribution in [-0.4, -0.2) is 64.9 Å². The molecule has 0 saturated carbocycles. The Morgan fingerprint density at radius 1 is 0.609 bits per heavy atom. The fourth-order valence-electron chi connectivity index (χ4n) is 1.76. The number of hydrogen-bond acceptors (Lipinski definition) is 7. The van der Waals surface area contributed by atoms with Gasteiger partial charge in [0.15, 0.2) is 0 Å². The molecule has 0 aliphatic rings. The molecule has 23 heavy (non-hydrogen) atoms. The van der Waals surface area contributed by atoms with Crippen LogP contribution in [0.2, 0.25) is 0 Å². The zero-order valence-corrected chi connectivity index (χ0v) is 15.3. The molecule has 0 bridgehead atoms. The van der Waals surface area contributed by atoms with Gasteiger partial charge in [0, 0.05) is 12.6 Å². The van der Waals surface area contributed by atoms with Gasteiger partial charge in [-0.05, 0) is 91.4 Å². The number of nitrogens with one attached hydrogen (secondary N) is 3. The predicted molar refractivity (Wildman–Crippen MR) is 103 cm³/mol. The van der Waals surface area contributed by atoms with Gasteiger partial charge in [0.05, 0.1) is 0 Å². The molecule has 0 aromatic rings. The Morgan fingerprint density at radius 2 is 0.957 bits per heavy atom. The third-order valence-corrected chi connectivity index (χ3v) is 3.10. The molecule has 0 spiro atoms. The van der Waals surface area contributed by atoms with Crippen LogP contribution in [0.4, 0.5) is 0 Å². The lowest BCUT2D eigenvalue weighted by atomic mass is 10.3. The summed E-state index contributed by atoms with van der Waals surface area (Å²) in [6.45, 7) is 10.5. The molecule has 11 N–H and O–H groups in total. The second kappa shape index (κ2) is 24.0. The minimum absolute atomic E-state index is 0.253. The minimum Gasteiger partial charge on any atom is -0.330 e. The molecule has 7 nitrogen and oxygen atoms in total. The summed E-state index contributed by atoms with van der Waals surface area (Å²) in [6, 6.07) is 0.253. The molecule has 0 saturated heterocycles. The summed E-state index contributed by atoms with van der Waals surface area (Å²) in [5.41, 5.74) is 21.5. The second-order valence-electron chi connectivity index (χ2n) is 5.82. The molecule has 0 amide bonds. The van der Waals surface area contributed by atoms with Crippen LogP contribution >= 0.6 is 0 Å².